The zero-order chi connectivity index (χ0) is 37.9. The number of carbonyl (C=O) groups excluding carboxylic acids is 1. The summed E-state index contributed by atoms with van der Waals surface area (Å²) in [6, 6.07) is 10.5. The fraction of sp³-hybridized carbons (Fsp3) is 0.294. The Labute approximate surface area is 310 Å². The monoisotopic (exact) mass is 870 g/mol. The molecule has 2 heterocycles. The van der Waals surface area contributed by atoms with Crippen molar-refractivity contribution in [1.82, 2.24) is 0 Å². The lowest BCUT2D eigenvalue weighted by atomic mass is 9.81. The van der Waals surface area contributed by atoms with Crippen LogP contribution < -0.4 is 10.2 Å². The van der Waals surface area contributed by atoms with Crippen LogP contribution in [0, 0.1) is 0 Å². The molecule has 0 radical (unpaired) electrons. The van der Waals surface area contributed by atoms with Gasteiger partial charge in [-0.05, 0) is 61.2 Å². The Balaban J connectivity index is 1.56. The zero-order valence-corrected chi connectivity index (χ0v) is 32.9. The van der Waals surface area contributed by atoms with Crippen LogP contribution in [0.4, 0.5) is 17.1 Å². The van der Waals surface area contributed by atoms with E-state index < -0.39 is 56.7 Å². The van der Waals surface area contributed by atoms with Crippen LogP contribution in [0.25, 0.3) is 10.8 Å². The first-order chi connectivity index (χ1) is 23.5. The number of nitrogens with one attached hydrogen (secondary N) is 1. The van der Waals surface area contributed by atoms with E-state index in [-0.39, 0.29) is 23.2 Å². The number of allylic oxidation sites excluding steroid dienone is 6. The maximum absolute atomic E-state index is 12.3. The Morgan fingerprint density at radius 1 is 0.882 bits per heavy atom. The van der Waals surface area contributed by atoms with Gasteiger partial charge in [-0.3, -0.25) is 18.5 Å². The van der Waals surface area contributed by atoms with Gasteiger partial charge in [0.25, 0.3) is 30.4 Å². The van der Waals surface area contributed by atoms with Gasteiger partial charge in [0, 0.05) is 52.1 Å². The third-order valence-corrected chi connectivity index (χ3v) is 12.3. The molecule has 51 heavy (non-hydrogen) atoms. The van der Waals surface area contributed by atoms with E-state index in [1.54, 1.807) is 37.0 Å². The summed E-state index contributed by atoms with van der Waals surface area (Å²) < 4.78 is 105. The van der Waals surface area contributed by atoms with Gasteiger partial charge in [-0.1, -0.05) is 60.7 Å². The number of fused-ring (bicyclic) bond motifs is 4. The van der Waals surface area contributed by atoms with Gasteiger partial charge in [-0.2, -0.15) is 29.8 Å². The van der Waals surface area contributed by atoms with Crippen molar-refractivity contribution in [2.24, 2.45) is 0 Å². The molecular formula is C34H37IN3O10S3+. The normalized spacial score (nSPS) is 18.0. The van der Waals surface area contributed by atoms with E-state index in [2.05, 4.69) is 23.7 Å². The lowest BCUT2D eigenvalue weighted by molar-refractivity contribution is -0.401. The molecule has 4 N–H and O–H groups in total. The van der Waals surface area contributed by atoms with Gasteiger partial charge in [0.2, 0.25) is 11.6 Å². The summed E-state index contributed by atoms with van der Waals surface area (Å²) in [4.78, 5) is 12.1. The lowest BCUT2D eigenvalue weighted by Gasteiger charge is -2.26. The molecule has 5 rings (SSSR count). The molecule has 17 heteroatoms. The van der Waals surface area contributed by atoms with Crippen molar-refractivity contribution in [3.05, 3.63) is 89.7 Å². The van der Waals surface area contributed by atoms with Gasteiger partial charge in [-0.25, -0.2) is 0 Å². The molecule has 0 bridgehead atoms. The van der Waals surface area contributed by atoms with Crippen LogP contribution in [0.2, 0.25) is 0 Å². The highest BCUT2D eigenvalue weighted by Crippen LogP contribution is 2.51. The Bertz CT molecular complexity index is 2450. The number of halogens is 1. The number of hydrogen-bond acceptors (Lipinski definition) is 8. The summed E-state index contributed by atoms with van der Waals surface area (Å²) >= 11 is 2.01. The molecule has 3 aromatic carbocycles. The summed E-state index contributed by atoms with van der Waals surface area (Å²) in [6.07, 6.45) is 9.07. The SMILES string of the molecule is C[N+]1=C(C=CC=CC=C2N(CCS(=O)(=O)O)c3ccc4c(S(=O)(=O)O)cc(S(=O)(=O)O)cc4c3C2(C)C)C(C)(C)c2cc(NC(=O)CI)ccc21. The van der Waals surface area contributed by atoms with Crippen LogP contribution in [-0.4, -0.2) is 78.9 Å². The number of rotatable bonds is 10. The van der Waals surface area contributed by atoms with E-state index in [4.69, 9.17) is 0 Å². The Morgan fingerprint density at radius 3 is 2.18 bits per heavy atom. The predicted molar refractivity (Wildman–Crippen MR) is 205 cm³/mol. The number of hydrogen-bond donors (Lipinski definition) is 4. The van der Waals surface area contributed by atoms with Crippen molar-refractivity contribution < 1.29 is 48.3 Å². The van der Waals surface area contributed by atoms with Gasteiger partial charge in [0.1, 0.15) is 11.9 Å². The van der Waals surface area contributed by atoms with Crippen molar-refractivity contribution in [3.63, 3.8) is 0 Å². The molecule has 1 amide bonds. The number of carbonyl (C=O) groups is 1. The average Bonchev–Trinajstić information content (AvgIpc) is 3.35. The first-order valence-electron chi connectivity index (χ1n) is 15.4. The van der Waals surface area contributed by atoms with E-state index in [0.717, 1.165) is 23.0 Å². The fourth-order valence-electron chi connectivity index (χ4n) is 6.91. The van der Waals surface area contributed by atoms with Crippen LogP contribution in [0.5, 0.6) is 0 Å². The maximum Gasteiger partial charge on any atom is 0.295 e. The molecule has 0 fully saturated rings. The quantitative estimate of drug-likeness (QED) is 0.0670. The van der Waals surface area contributed by atoms with Gasteiger partial charge >= 0.3 is 0 Å². The van der Waals surface area contributed by atoms with Crippen LogP contribution in [0.15, 0.2) is 88.3 Å². The Hall–Kier alpha value is -3.46. The molecular weight excluding hydrogens is 833 g/mol. The second-order valence-electron chi connectivity index (χ2n) is 13.3. The molecule has 0 aliphatic carbocycles. The minimum absolute atomic E-state index is 0.00740. The number of nitrogens with zero attached hydrogens (tertiary/aromatic N) is 2. The lowest BCUT2D eigenvalue weighted by Crippen LogP contribution is -2.30. The van der Waals surface area contributed by atoms with E-state index in [0.29, 0.717) is 33.1 Å². The van der Waals surface area contributed by atoms with Crippen LogP contribution in [0.3, 0.4) is 0 Å². The van der Waals surface area contributed by atoms with Gasteiger partial charge in [0.05, 0.1) is 20.5 Å². The summed E-state index contributed by atoms with van der Waals surface area (Å²) in [5, 5.41) is 2.99. The fourth-order valence-corrected chi connectivity index (χ4v) is 8.86. The van der Waals surface area contributed by atoms with E-state index in [1.165, 1.54) is 12.1 Å². The van der Waals surface area contributed by atoms with E-state index in [9.17, 15) is 43.7 Å². The first-order valence-corrected chi connectivity index (χ1v) is 21.5. The molecule has 0 saturated carbocycles. The second kappa shape index (κ2) is 13.5. The summed E-state index contributed by atoms with van der Waals surface area (Å²) in [5.41, 5.74) is 3.71. The average molecular weight is 871 g/mol. The topological polar surface area (TPSA) is 198 Å². The highest BCUT2D eigenvalue weighted by Gasteiger charge is 2.44. The number of anilines is 2. The molecule has 2 aliphatic rings. The molecule has 0 spiro atoms. The number of benzene rings is 3. The zero-order valence-electron chi connectivity index (χ0n) is 28.2. The Kier molecular flexibility index (Phi) is 10.3. The van der Waals surface area contributed by atoms with E-state index >= 15 is 0 Å². The molecule has 2 aliphatic heterocycles. The first kappa shape index (κ1) is 38.8. The largest absolute Gasteiger partial charge is 0.343 e. The van der Waals surface area contributed by atoms with Crippen molar-refractivity contribution in [2.75, 3.05) is 34.0 Å². The minimum atomic E-state index is -4.95. The predicted octanol–water partition coefficient (Wildman–Crippen LogP) is 5.39. The summed E-state index contributed by atoms with van der Waals surface area (Å²) in [6.45, 7) is 7.53. The van der Waals surface area contributed by atoms with Gasteiger partial charge < -0.3 is 10.2 Å². The smallest absolute Gasteiger partial charge is 0.295 e. The van der Waals surface area contributed by atoms with Gasteiger partial charge in [-0.15, -0.1) is 0 Å². The maximum atomic E-state index is 12.3. The highest BCUT2D eigenvalue weighted by molar-refractivity contribution is 14.1. The molecule has 13 nitrogen and oxygen atoms in total. The van der Waals surface area contributed by atoms with E-state index in [1.807, 2.05) is 60.0 Å². The van der Waals surface area contributed by atoms with Crippen LogP contribution >= 0.6 is 22.6 Å². The van der Waals surface area contributed by atoms with Crippen molar-refractivity contribution in [3.8, 4) is 0 Å². The molecule has 272 valence electrons. The third kappa shape index (κ3) is 7.56. The Morgan fingerprint density at radius 2 is 1.57 bits per heavy atom. The number of alkyl halides is 1. The van der Waals surface area contributed by atoms with Crippen LogP contribution in [-0.2, 0) is 46.0 Å². The summed E-state index contributed by atoms with van der Waals surface area (Å²) in [5.74, 6) is -0.737. The molecule has 0 saturated heterocycles. The summed E-state index contributed by atoms with van der Waals surface area (Å²) in [7, 11) is -12.3. The second-order valence-corrected chi connectivity index (χ2v) is 18.4. The molecule has 0 atom stereocenters. The molecule has 0 unspecified atom stereocenters. The van der Waals surface area contributed by atoms with Crippen molar-refractivity contribution in [1.29, 1.82) is 0 Å². The molecule has 3 aromatic rings. The van der Waals surface area contributed by atoms with Crippen molar-refractivity contribution >= 4 is 92.4 Å². The highest BCUT2D eigenvalue weighted by atomic mass is 127. The van der Waals surface area contributed by atoms with Crippen LogP contribution in [0.1, 0.15) is 38.8 Å². The molecule has 0 aromatic heterocycles. The third-order valence-electron chi connectivity index (χ3n) is 9.21. The number of amides is 1. The van der Waals surface area contributed by atoms with Gasteiger partial charge in [0.15, 0.2) is 5.71 Å². The standard InChI is InChI=1S/C34H36IN3O10S3/c1-33(2)25-17-21(36-31(39)20-35)11-13-26(25)37(5)29(33)9-7-6-8-10-30-34(3,4)32-24-18-22(50(43,44)45)19-28(51(46,47)48)23(24)12-14-27(32)38(30)15-16-49(40,41)42/h6-14,17-19H,15-16,20H2,1-5H3,(H3-,36,39,40,41,42,43,44,45,46,47,48)/p+1. The minimum Gasteiger partial charge on any atom is -0.343 e. The van der Waals surface area contributed by atoms with Crippen molar-refractivity contribution in [2.45, 2.75) is 48.3 Å².